The second kappa shape index (κ2) is 11.7. The van der Waals surface area contributed by atoms with Gasteiger partial charge in [-0.2, -0.15) is 4.31 Å². The molecule has 2 aliphatic rings. The predicted octanol–water partition coefficient (Wildman–Crippen LogP) is 2.78. The smallest absolute Gasteiger partial charge is 0.252 e. The van der Waals surface area contributed by atoms with E-state index in [1.54, 1.807) is 34.7 Å². The number of nitrogens with one attached hydrogen (secondary N) is 2. The Kier molecular flexibility index (Phi) is 9.25. The van der Waals surface area contributed by atoms with E-state index < -0.39 is 15.8 Å². The minimum atomic E-state index is -3.52. The Morgan fingerprint density at radius 2 is 2.06 bits per heavy atom. The Balaban J connectivity index is 1.53. The first kappa shape index (κ1) is 26.1. The zero-order valence-electron chi connectivity index (χ0n) is 19.6. The third-order valence-electron chi connectivity index (χ3n) is 6.09. The molecular formula is C23H35N3O5S2. The van der Waals surface area contributed by atoms with Gasteiger partial charge in [0.1, 0.15) is 4.21 Å². The molecule has 1 unspecified atom stereocenters. The van der Waals surface area contributed by atoms with Crippen LogP contribution in [0.3, 0.4) is 0 Å². The maximum Gasteiger partial charge on any atom is 0.252 e. The molecule has 0 aromatic carbocycles. The Morgan fingerprint density at radius 1 is 1.27 bits per heavy atom. The van der Waals surface area contributed by atoms with Crippen LogP contribution in [0, 0.1) is 0 Å². The number of sulfonamides is 1. The molecule has 1 saturated heterocycles. The van der Waals surface area contributed by atoms with Crippen LogP contribution in [0.1, 0.15) is 43.9 Å². The van der Waals surface area contributed by atoms with Crippen molar-refractivity contribution in [3.63, 3.8) is 0 Å². The van der Waals surface area contributed by atoms with Gasteiger partial charge in [-0.15, -0.1) is 11.3 Å². The van der Waals surface area contributed by atoms with E-state index in [-0.39, 0.29) is 18.5 Å². The molecule has 1 amide bonds. The molecule has 10 heteroatoms. The standard InChI is InChI=1S/C23H35N3O5S2/c1-4-5-6-13-24-19-11-14-26(17-19)33(28,29)21-10-9-20(32-21)16-25-22(27)18-8-7-12-23(15-18,30-2)31-3/h7-10,12,19,24H,4-6,11,13-17H2,1-3H3,(H,25,27). The molecule has 2 heterocycles. The van der Waals surface area contributed by atoms with Crippen molar-refractivity contribution < 1.29 is 22.7 Å². The number of hydrogen-bond acceptors (Lipinski definition) is 7. The number of thiophene rings is 1. The molecule has 184 valence electrons. The van der Waals surface area contributed by atoms with Gasteiger partial charge in [-0.25, -0.2) is 8.42 Å². The van der Waals surface area contributed by atoms with Crippen molar-refractivity contribution in [2.45, 2.75) is 61.6 Å². The number of amides is 1. The number of ether oxygens (including phenoxy) is 2. The molecule has 0 saturated carbocycles. The van der Waals surface area contributed by atoms with Gasteiger partial charge in [0, 0.05) is 50.2 Å². The van der Waals surface area contributed by atoms with E-state index in [4.69, 9.17) is 9.47 Å². The number of rotatable bonds is 12. The van der Waals surface area contributed by atoms with Crippen molar-refractivity contribution in [3.8, 4) is 0 Å². The highest BCUT2D eigenvalue weighted by Crippen LogP contribution is 2.29. The van der Waals surface area contributed by atoms with Gasteiger partial charge in [-0.05, 0) is 37.6 Å². The van der Waals surface area contributed by atoms with Crippen LogP contribution in [0.15, 0.2) is 40.1 Å². The number of unbranched alkanes of at least 4 members (excludes halogenated alkanes) is 2. The lowest BCUT2D eigenvalue weighted by Gasteiger charge is -2.30. The van der Waals surface area contributed by atoms with Crippen LogP contribution in [-0.4, -0.2) is 64.3 Å². The predicted molar refractivity (Wildman–Crippen MR) is 129 cm³/mol. The van der Waals surface area contributed by atoms with E-state index in [1.165, 1.54) is 38.4 Å². The topological polar surface area (TPSA) is 97.0 Å². The molecule has 1 aliphatic carbocycles. The third-order valence-corrected chi connectivity index (χ3v) is 9.50. The summed E-state index contributed by atoms with van der Waals surface area (Å²) in [6, 6.07) is 3.60. The van der Waals surface area contributed by atoms with Gasteiger partial charge in [-0.3, -0.25) is 4.79 Å². The number of hydrogen-bond donors (Lipinski definition) is 2. The number of methoxy groups -OCH3 is 2. The summed E-state index contributed by atoms with van der Waals surface area (Å²) >= 11 is 1.20. The van der Waals surface area contributed by atoms with Crippen molar-refractivity contribution >= 4 is 27.3 Å². The van der Waals surface area contributed by atoms with Crippen LogP contribution in [0.5, 0.6) is 0 Å². The monoisotopic (exact) mass is 497 g/mol. The summed E-state index contributed by atoms with van der Waals surface area (Å²) in [5.41, 5.74) is 0.542. The van der Waals surface area contributed by atoms with Crippen LogP contribution < -0.4 is 10.6 Å². The Labute approximate surface area is 201 Å². The van der Waals surface area contributed by atoms with Crippen molar-refractivity contribution in [1.82, 2.24) is 14.9 Å². The van der Waals surface area contributed by atoms with Gasteiger partial charge in [0.2, 0.25) is 5.91 Å². The SMILES string of the molecule is CCCCCNC1CCN(S(=O)(=O)c2ccc(CNC(=O)C3=CC=CC(OC)(OC)C3)s2)C1. The summed E-state index contributed by atoms with van der Waals surface area (Å²) in [6.45, 7) is 4.38. The summed E-state index contributed by atoms with van der Waals surface area (Å²) in [7, 11) is -0.451. The van der Waals surface area contributed by atoms with E-state index in [1.807, 2.05) is 0 Å². The Morgan fingerprint density at radius 3 is 2.79 bits per heavy atom. The number of carbonyl (C=O) groups excluding carboxylic acids is 1. The molecule has 33 heavy (non-hydrogen) atoms. The number of nitrogens with zero attached hydrogens (tertiary/aromatic N) is 1. The van der Waals surface area contributed by atoms with Crippen LogP contribution >= 0.6 is 11.3 Å². The summed E-state index contributed by atoms with van der Waals surface area (Å²) < 4.78 is 38.8. The fourth-order valence-corrected chi connectivity index (χ4v) is 6.96. The Hall–Kier alpha value is -1.56. The van der Waals surface area contributed by atoms with Crippen molar-refractivity contribution in [3.05, 3.63) is 40.8 Å². The summed E-state index contributed by atoms with van der Waals surface area (Å²) in [4.78, 5) is 13.4. The van der Waals surface area contributed by atoms with Crippen LogP contribution in [0.2, 0.25) is 0 Å². The lowest BCUT2D eigenvalue weighted by molar-refractivity contribution is -0.170. The molecule has 8 nitrogen and oxygen atoms in total. The van der Waals surface area contributed by atoms with E-state index in [0.717, 1.165) is 24.3 Å². The van der Waals surface area contributed by atoms with E-state index in [9.17, 15) is 13.2 Å². The lowest BCUT2D eigenvalue weighted by Crippen LogP contribution is -2.36. The lowest BCUT2D eigenvalue weighted by atomic mass is 9.98. The van der Waals surface area contributed by atoms with E-state index >= 15 is 0 Å². The first-order chi connectivity index (χ1) is 15.8. The molecule has 0 bridgehead atoms. The van der Waals surface area contributed by atoms with Gasteiger partial charge in [0.25, 0.3) is 10.0 Å². The van der Waals surface area contributed by atoms with E-state index in [0.29, 0.717) is 29.3 Å². The minimum absolute atomic E-state index is 0.208. The molecule has 1 atom stereocenters. The molecular weight excluding hydrogens is 462 g/mol. The highest BCUT2D eigenvalue weighted by Gasteiger charge is 2.34. The normalized spacial score (nSPS) is 20.7. The maximum absolute atomic E-state index is 13.1. The number of carbonyl (C=O) groups is 1. The quantitative estimate of drug-likeness (QED) is 0.341. The second-order valence-electron chi connectivity index (χ2n) is 8.36. The minimum Gasteiger partial charge on any atom is -0.349 e. The van der Waals surface area contributed by atoms with Crippen molar-refractivity contribution in [1.29, 1.82) is 0 Å². The fraction of sp³-hybridized carbons (Fsp3) is 0.609. The average Bonchev–Trinajstić information content (AvgIpc) is 3.51. The molecule has 1 aromatic heterocycles. The van der Waals surface area contributed by atoms with Gasteiger partial charge in [0.05, 0.1) is 6.54 Å². The maximum atomic E-state index is 13.1. The molecule has 1 aliphatic heterocycles. The largest absolute Gasteiger partial charge is 0.349 e. The van der Waals surface area contributed by atoms with Crippen LogP contribution in [0.25, 0.3) is 0 Å². The first-order valence-electron chi connectivity index (χ1n) is 11.4. The zero-order valence-corrected chi connectivity index (χ0v) is 21.3. The number of allylic oxidation sites excluding steroid dienone is 2. The summed E-state index contributed by atoms with van der Waals surface area (Å²) in [5.74, 6) is -1.17. The molecule has 3 rings (SSSR count). The van der Waals surface area contributed by atoms with Gasteiger partial charge >= 0.3 is 0 Å². The highest BCUT2D eigenvalue weighted by atomic mass is 32.2. The van der Waals surface area contributed by atoms with Gasteiger partial charge in [-0.1, -0.05) is 31.9 Å². The zero-order chi connectivity index (χ0) is 23.9. The molecule has 0 radical (unpaired) electrons. The van der Waals surface area contributed by atoms with Gasteiger partial charge < -0.3 is 20.1 Å². The summed E-state index contributed by atoms with van der Waals surface area (Å²) in [6.07, 6.45) is 9.84. The fourth-order valence-electron chi connectivity index (χ4n) is 4.01. The molecule has 2 N–H and O–H groups in total. The van der Waals surface area contributed by atoms with E-state index in [2.05, 4.69) is 17.6 Å². The molecule has 1 aromatic rings. The molecule has 0 spiro atoms. The first-order valence-corrected chi connectivity index (χ1v) is 13.7. The van der Waals surface area contributed by atoms with Crippen molar-refractivity contribution in [2.24, 2.45) is 0 Å². The Bertz CT molecular complexity index is 966. The summed E-state index contributed by atoms with van der Waals surface area (Å²) in [5, 5.41) is 6.34. The van der Waals surface area contributed by atoms with Crippen LogP contribution in [-0.2, 0) is 30.8 Å². The second-order valence-corrected chi connectivity index (χ2v) is 11.7. The average molecular weight is 498 g/mol. The van der Waals surface area contributed by atoms with Crippen LogP contribution in [0.4, 0.5) is 0 Å². The third kappa shape index (κ3) is 6.52. The van der Waals surface area contributed by atoms with Crippen molar-refractivity contribution in [2.75, 3.05) is 33.9 Å². The molecule has 1 fully saturated rings. The highest BCUT2D eigenvalue weighted by molar-refractivity contribution is 7.91. The van der Waals surface area contributed by atoms with Gasteiger partial charge in [0.15, 0.2) is 5.79 Å².